The van der Waals surface area contributed by atoms with Crippen molar-refractivity contribution < 1.29 is 51.0 Å². The van der Waals surface area contributed by atoms with Crippen LogP contribution in [0, 0.1) is 5.41 Å². The summed E-state index contributed by atoms with van der Waals surface area (Å²) in [4.78, 5) is 0. The molecule has 0 unspecified atom stereocenters. The van der Waals surface area contributed by atoms with Gasteiger partial charge in [-0.05, 0) is 18.3 Å². The molecule has 0 spiro atoms. The summed E-state index contributed by atoms with van der Waals surface area (Å²) in [6.45, 7) is 7.10. The Balaban J connectivity index is 0.00000107. The van der Waals surface area contributed by atoms with Gasteiger partial charge in [-0.3, -0.25) is 0 Å². The minimum absolute atomic E-state index is 0. The third-order valence-corrected chi connectivity index (χ3v) is 6.29. The molecule has 0 saturated carbocycles. The van der Waals surface area contributed by atoms with Crippen molar-refractivity contribution >= 4 is 21.5 Å². The van der Waals surface area contributed by atoms with E-state index >= 15 is 0 Å². The maximum Gasteiger partial charge on any atom is 4.00 e. The van der Waals surface area contributed by atoms with Gasteiger partial charge in [0, 0.05) is 0 Å². The molecule has 0 nitrogen and oxygen atoms in total. The molecule has 0 fully saturated rings. The first-order valence-corrected chi connectivity index (χ1v) is 10.4. The summed E-state index contributed by atoms with van der Waals surface area (Å²) < 4.78 is 0. The van der Waals surface area contributed by atoms with E-state index < -0.39 is 0 Å². The molecule has 1 aliphatic rings. The molecule has 0 saturated heterocycles. The Kier molecular flexibility index (Phi) is 8.23. The van der Waals surface area contributed by atoms with Crippen LogP contribution >= 0.6 is 0 Å². The van der Waals surface area contributed by atoms with E-state index in [2.05, 4.69) is 75.4 Å². The molecular formula is C27H28Cl2Zr. The SMILES string of the molecule is CC(C)(C)Cc1c2[c-](c3ccccc13)CCc1cc3ccccc3[c-]1CC2.[Cl-].[Cl-].[Zr+4]. The van der Waals surface area contributed by atoms with Gasteiger partial charge in [0.2, 0.25) is 0 Å². The average molecular weight is 515 g/mol. The second-order valence-corrected chi connectivity index (χ2v) is 9.45. The Bertz CT molecular complexity index is 1140. The number of hydrogen-bond donors (Lipinski definition) is 0. The molecule has 0 aliphatic heterocycles. The van der Waals surface area contributed by atoms with Crippen molar-refractivity contribution in [3.05, 3.63) is 82.4 Å². The fourth-order valence-electron chi connectivity index (χ4n) is 5.21. The third kappa shape index (κ3) is 4.50. The van der Waals surface area contributed by atoms with Gasteiger partial charge in [-0.25, -0.2) is 0 Å². The average Bonchev–Trinajstić information content (AvgIpc) is 3.10. The molecule has 0 heterocycles. The Morgan fingerprint density at radius 2 is 1.43 bits per heavy atom. The van der Waals surface area contributed by atoms with E-state index in [1.165, 1.54) is 47.2 Å². The second-order valence-electron chi connectivity index (χ2n) is 9.45. The predicted octanol–water partition coefficient (Wildman–Crippen LogP) is 0.909. The van der Waals surface area contributed by atoms with Crippen molar-refractivity contribution in [2.45, 2.75) is 52.9 Å². The number of hydrogen-bond acceptors (Lipinski definition) is 0. The summed E-state index contributed by atoms with van der Waals surface area (Å²) in [7, 11) is 0. The molecule has 0 radical (unpaired) electrons. The van der Waals surface area contributed by atoms with E-state index in [0.717, 1.165) is 6.42 Å². The summed E-state index contributed by atoms with van der Waals surface area (Å²) in [5.41, 5.74) is 8.38. The van der Waals surface area contributed by atoms with Crippen molar-refractivity contribution in [2.24, 2.45) is 5.41 Å². The normalized spacial score (nSPS) is 13.3. The van der Waals surface area contributed by atoms with Crippen LogP contribution in [0.25, 0.3) is 21.5 Å². The number of halogens is 2. The molecule has 154 valence electrons. The van der Waals surface area contributed by atoms with Crippen LogP contribution in [0.4, 0.5) is 0 Å². The van der Waals surface area contributed by atoms with Crippen LogP contribution in [-0.4, -0.2) is 0 Å². The zero-order chi connectivity index (χ0) is 18.6. The molecule has 4 aromatic carbocycles. The predicted molar refractivity (Wildman–Crippen MR) is 117 cm³/mol. The van der Waals surface area contributed by atoms with Crippen molar-refractivity contribution in [2.75, 3.05) is 0 Å². The van der Waals surface area contributed by atoms with Gasteiger partial charge in [0.05, 0.1) is 0 Å². The third-order valence-electron chi connectivity index (χ3n) is 6.29. The van der Waals surface area contributed by atoms with Gasteiger partial charge in [-0.2, -0.15) is 6.07 Å². The van der Waals surface area contributed by atoms with Crippen LogP contribution in [0.3, 0.4) is 0 Å². The fourth-order valence-corrected chi connectivity index (χ4v) is 5.21. The van der Waals surface area contributed by atoms with Crippen LogP contribution < -0.4 is 24.8 Å². The molecule has 4 aromatic rings. The molecular weight excluding hydrogens is 486 g/mol. The standard InChI is InChI=1S/C27H28.2ClH.Zr/c1-27(2,3)17-26-23-11-7-6-10-22(23)24-13-12-19-16-18-8-4-5-9-20(18)21(19)14-15-25(24)26;;;/h4-11,16H,12-15,17H2,1-3H3;2*1H;/q-2;;;+4/p-2. The van der Waals surface area contributed by atoms with Gasteiger partial charge < -0.3 is 24.8 Å². The van der Waals surface area contributed by atoms with Crippen LogP contribution in [0.1, 0.15) is 48.6 Å². The topological polar surface area (TPSA) is 0 Å². The first-order chi connectivity index (χ1) is 13.0. The molecule has 0 amide bonds. The van der Waals surface area contributed by atoms with Crippen molar-refractivity contribution in [3.63, 3.8) is 0 Å². The molecule has 1 aliphatic carbocycles. The van der Waals surface area contributed by atoms with Crippen LogP contribution in [0.15, 0.2) is 54.6 Å². The van der Waals surface area contributed by atoms with Gasteiger partial charge in [0.1, 0.15) is 0 Å². The second kappa shape index (κ2) is 9.73. The summed E-state index contributed by atoms with van der Waals surface area (Å²) in [6, 6.07) is 20.5. The number of fused-ring (bicyclic) bond motifs is 6. The van der Waals surface area contributed by atoms with Gasteiger partial charge in [0.25, 0.3) is 0 Å². The molecule has 3 heteroatoms. The number of benzene rings is 2. The molecule has 5 rings (SSSR count). The van der Waals surface area contributed by atoms with Crippen LogP contribution in [-0.2, 0) is 58.3 Å². The molecule has 0 bridgehead atoms. The zero-order valence-electron chi connectivity index (χ0n) is 18.0. The van der Waals surface area contributed by atoms with Crippen LogP contribution in [0.5, 0.6) is 0 Å². The fraction of sp³-hybridized carbons (Fsp3) is 0.333. The zero-order valence-corrected chi connectivity index (χ0v) is 22.0. The molecule has 0 N–H and O–H groups in total. The van der Waals surface area contributed by atoms with Gasteiger partial charge in [0.15, 0.2) is 0 Å². The van der Waals surface area contributed by atoms with Gasteiger partial charge in [-0.1, -0.05) is 52.2 Å². The monoisotopic (exact) mass is 512 g/mol. The number of rotatable bonds is 1. The molecule has 0 aromatic heterocycles. The minimum atomic E-state index is 0. The maximum absolute atomic E-state index is 2.44. The smallest absolute Gasteiger partial charge is 1.00 e. The Hall–Kier alpha value is -0.877. The number of aryl methyl sites for hydroxylation is 3. The Labute approximate surface area is 212 Å². The van der Waals surface area contributed by atoms with E-state index in [-0.39, 0.29) is 51.0 Å². The van der Waals surface area contributed by atoms with E-state index in [4.69, 9.17) is 0 Å². The van der Waals surface area contributed by atoms with Crippen molar-refractivity contribution in [1.82, 2.24) is 0 Å². The first-order valence-electron chi connectivity index (χ1n) is 10.4. The maximum atomic E-state index is 2.44. The molecule has 0 atom stereocenters. The summed E-state index contributed by atoms with van der Waals surface area (Å²) >= 11 is 0. The summed E-state index contributed by atoms with van der Waals surface area (Å²) in [5.74, 6) is 0. The Morgan fingerprint density at radius 3 is 2.17 bits per heavy atom. The minimum Gasteiger partial charge on any atom is -1.00 e. The van der Waals surface area contributed by atoms with Crippen molar-refractivity contribution in [3.8, 4) is 0 Å². The van der Waals surface area contributed by atoms with Gasteiger partial charge in [-0.15, -0.1) is 85.8 Å². The Morgan fingerprint density at radius 1 is 0.800 bits per heavy atom. The first kappa shape index (κ1) is 25.4. The van der Waals surface area contributed by atoms with E-state index in [9.17, 15) is 0 Å². The summed E-state index contributed by atoms with van der Waals surface area (Å²) in [6.07, 6.45) is 5.85. The van der Waals surface area contributed by atoms with E-state index in [1.807, 2.05) is 0 Å². The quantitative estimate of drug-likeness (QED) is 0.332. The summed E-state index contributed by atoms with van der Waals surface area (Å²) in [5, 5.41) is 5.91. The van der Waals surface area contributed by atoms with E-state index in [0.29, 0.717) is 5.41 Å². The van der Waals surface area contributed by atoms with E-state index in [1.54, 1.807) is 27.8 Å². The molecule has 30 heavy (non-hydrogen) atoms. The van der Waals surface area contributed by atoms with Crippen molar-refractivity contribution in [1.29, 1.82) is 0 Å². The van der Waals surface area contributed by atoms with Gasteiger partial charge >= 0.3 is 26.2 Å². The largest absolute Gasteiger partial charge is 4.00 e. The van der Waals surface area contributed by atoms with Crippen LogP contribution in [0.2, 0.25) is 0 Å².